The minimum atomic E-state index is -3.79. The lowest BCUT2D eigenvalue weighted by Gasteiger charge is -2.15. The summed E-state index contributed by atoms with van der Waals surface area (Å²) in [5.41, 5.74) is 4.54. The van der Waals surface area contributed by atoms with E-state index in [9.17, 15) is 23.1 Å². The molecule has 3 aromatic rings. The Morgan fingerprint density at radius 2 is 1.90 bits per heavy atom. The van der Waals surface area contributed by atoms with Gasteiger partial charge in [-0.2, -0.15) is 9.40 Å². The molecule has 0 fully saturated rings. The highest BCUT2D eigenvalue weighted by Crippen LogP contribution is 2.19. The molecule has 0 radical (unpaired) electrons. The number of benzene rings is 1. The van der Waals surface area contributed by atoms with Crippen LogP contribution in [-0.2, 0) is 14.8 Å². The first-order chi connectivity index (χ1) is 13.8. The summed E-state index contributed by atoms with van der Waals surface area (Å²) in [4.78, 5) is 24.2. The second-order valence-corrected chi connectivity index (χ2v) is 9.06. The monoisotopic (exact) mass is 435 g/mol. The molecule has 0 spiro atoms. The van der Waals surface area contributed by atoms with Crippen molar-refractivity contribution in [2.24, 2.45) is 0 Å². The highest BCUT2D eigenvalue weighted by atomic mass is 32.2. The summed E-state index contributed by atoms with van der Waals surface area (Å²) in [6.07, 6.45) is 1.26. The number of nitrogens with zero attached hydrogens (tertiary/aromatic N) is 3. The van der Waals surface area contributed by atoms with Crippen LogP contribution in [0.3, 0.4) is 0 Å². The summed E-state index contributed by atoms with van der Waals surface area (Å²) in [7, 11) is -2.54. The molecule has 0 aliphatic rings. The number of hydrogen-bond acceptors (Lipinski definition) is 7. The van der Waals surface area contributed by atoms with Crippen LogP contribution in [0.1, 0.15) is 10.5 Å². The molecule has 2 amide bonds. The van der Waals surface area contributed by atoms with Crippen LogP contribution in [0.5, 0.6) is 5.75 Å². The quantitative estimate of drug-likeness (QED) is 0.489. The number of likely N-dealkylation sites (N-methyl/N-ethyl adjacent to an activating group) is 1. The number of carbonyl (C=O) groups excluding carboxylic acids is 2. The number of rotatable bonds is 6. The third-order valence-electron chi connectivity index (χ3n) is 3.77. The standard InChI is InChI=1S/C17H17N5O5S2/c1-21(29(26,27)15-8-5-9-28-15)11-14(24)18-19-17(25)16-13(23)10-22(20-16)12-6-3-2-4-7-12/h2-10,23H,11H2,1H3,(H,18,24)(H,19,25). The van der Waals surface area contributed by atoms with Crippen LogP contribution in [0, 0.1) is 0 Å². The van der Waals surface area contributed by atoms with Gasteiger partial charge in [-0.15, -0.1) is 11.3 Å². The third kappa shape index (κ3) is 4.62. The Bertz CT molecular complexity index is 1110. The Hall–Kier alpha value is -3.22. The van der Waals surface area contributed by atoms with E-state index in [2.05, 4.69) is 16.0 Å². The van der Waals surface area contributed by atoms with Crippen molar-refractivity contribution in [1.29, 1.82) is 0 Å². The van der Waals surface area contributed by atoms with E-state index in [4.69, 9.17) is 0 Å². The number of amides is 2. The molecule has 3 rings (SSSR count). The number of nitrogens with one attached hydrogen (secondary N) is 2. The molecular weight excluding hydrogens is 418 g/mol. The molecule has 0 aliphatic carbocycles. The summed E-state index contributed by atoms with van der Waals surface area (Å²) in [5, 5.41) is 15.5. The molecule has 0 unspecified atom stereocenters. The van der Waals surface area contributed by atoms with Crippen molar-refractivity contribution >= 4 is 33.2 Å². The van der Waals surface area contributed by atoms with Crippen molar-refractivity contribution < 1.29 is 23.1 Å². The lowest BCUT2D eigenvalue weighted by atomic mass is 10.3. The van der Waals surface area contributed by atoms with Crippen LogP contribution < -0.4 is 10.9 Å². The molecule has 0 saturated heterocycles. The first-order valence-electron chi connectivity index (χ1n) is 8.22. The molecule has 1 aromatic carbocycles. The van der Waals surface area contributed by atoms with Gasteiger partial charge in [0.15, 0.2) is 11.4 Å². The van der Waals surface area contributed by atoms with E-state index in [1.54, 1.807) is 35.7 Å². The van der Waals surface area contributed by atoms with E-state index in [0.29, 0.717) is 5.69 Å². The Morgan fingerprint density at radius 3 is 2.55 bits per heavy atom. The second kappa shape index (κ2) is 8.43. The first-order valence-corrected chi connectivity index (χ1v) is 10.5. The van der Waals surface area contributed by atoms with Crippen molar-refractivity contribution in [3.63, 3.8) is 0 Å². The average Bonchev–Trinajstić information content (AvgIpc) is 3.37. The summed E-state index contributed by atoms with van der Waals surface area (Å²) in [6, 6.07) is 11.9. The number of carbonyl (C=O) groups is 2. The maximum absolute atomic E-state index is 12.3. The van der Waals surface area contributed by atoms with Gasteiger partial charge in [-0.05, 0) is 23.6 Å². The fourth-order valence-electron chi connectivity index (χ4n) is 2.32. The lowest BCUT2D eigenvalue weighted by molar-refractivity contribution is -0.121. The Balaban J connectivity index is 1.59. The first kappa shape index (κ1) is 20.5. The fraction of sp³-hybridized carbons (Fsp3) is 0.118. The molecule has 152 valence electrons. The Labute approximate surface area is 170 Å². The van der Waals surface area contributed by atoms with Crippen LogP contribution in [0.15, 0.2) is 58.3 Å². The van der Waals surface area contributed by atoms with Crippen molar-refractivity contribution in [2.45, 2.75) is 4.21 Å². The van der Waals surface area contributed by atoms with E-state index in [1.165, 1.54) is 24.0 Å². The molecule has 29 heavy (non-hydrogen) atoms. The number of para-hydroxylation sites is 1. The Morgan fingerprint density at radius 1 is 1.17 bits per heavy atom. The van der Waals surface area contributed by atoms with Gasteiger partial charge in [0.1, 0.15) is 4.21 Å². The van der Waals surface area contributed by atoms with Gasteiger partial charge in [0, 0.05) is 7.05 Å². The van der Waals surface area contributed by atoms with Crippen LogP contribution in [-0.4, -0.2) is 53.0 Å². The molecule has 10 nitrogen and oxygen atoms in total. The number of thiophene rings is 1. The molecule has 2 heterocycles. The van der Waals surface area contributed by atoms with Crippen LogP contribution in [0.4, 0.5) is 0 Å². The van der Waals surface area contributed by atoms with E-state index >= 15 is 0 Å². The Kier molecular flexibility index (Phi) is 5.96. The van der Waals surface area contributed by atoms with Gasteiger partial charge in [-0.1, -0.05) is 24.3 Å². The minimum absolute atomic E-state index is 0.105. The van der Waals surface area contributed by atoms with Gasteiger partial charge in [0.25, 0.3) is 21.8 Å². The van der Waals surface area contributed by atoms with Gasteiger partial charge in [0.2, 0.25) is 0 Å². The molecule has 0 atom stereocenters. The van der Waals surface area contributed by atoms with E-state index < -0.39 is 28.4 Å². The molecule has 2 aromatic heterocycles. The number of hydrazine groups is 1. The van der Waals surface area contributed by atoms with Gasteiger partial charge in [0.05, 0.1) is 18.4 Å². The summed E-state index contributed by atoms with van der Waals surface area (Å²) in [5.74, 6) is -1.99. The zero-order valence-corrected chi connectivity index (χ0v) is 16.8. The maximum Gasteiger partial charge on any atom is 0.294 e. The highest BCUT2D eigenvalue weighted by molar-refractivity contribution is 7.91. The van der Waals surface area contributed by atoms with Crippen LogP contribution in [0.25, 0.3) is 5.69 Å². The predicted molar refractivity (Wildman–Crippen MR) is 105 cm³/mol. The normalized spacial score (nSPS) is 11.4. The number of hydrogen-bond donors (Lipinski definition) is 3. The lowest BCUT2D eigenvalue weighted by Crippen LogP contribution is -2.46. The molecule has 0 bridgehead atoms. The number of aromatic nitrogens is 2. The van der Waals surface area contributed by atoms with Crippen molar-refractivity contribution in [3.05, 3.63) is 59.7 Å². The number of sulfonamides is 1. The maximum atomic E-state index is 12.3. The molecule has 12 heteroatoms. The SMILES string of the molecule is CN(CC(=O)NNC(=O)c1nn(-c2ccccc2)cc1O)S(=O)(=O)c1cccs1. The van der Waals surface area contributed by atoms with Gasteiger partial charge in [-0.25, -0.2) is 13.1 Å². The smallest absolute Gasteiger partial charge is 0.294 e. The zero-order chi connectivity index (χ0) is 21.0. The van der Waals surface area contributed by atoms with Crippen molar-refractivity contribution in [3.8, 4) is 11.4 Å². The van der Waals surface area contributed by atoms with Crippen molar-refractivity contribution in [2.75, 3.05) is 13.6 Å². The van der Waals surface area contributed by atoms with E-state index in [-0.39, 0.29) is 15.7 Å². The predicted octanol–water partition coefficient (Wildman–Crippen LogP) is 0.721. The van der Waals surface area contributed by atoms with Gasteiger partial charge in [-0.3, -0.25) is 20.4 Å². The second-order valence-electron chi connectivity index (χ2n) is 5.84. The zero-order valence-electron chi connectivity index (χ0n) is 15.1. The van der Waals surface area contributed by atoms with E-state index in [1.807, 2.05) is 6.07 Å². The van der Waals surface area contributed by atoms with Gasteiger partial charge < -0.3 is 5.11 Å². The minimum Gasteiger partial charge on any atom is -0.504 e. The van der Waals surface area contributed by atoms with Crippen LogP contribution in [0.2, 0.25) is 0 Å². The summed E-state index contributed by atoms with van der Waals surface area (Å²) < 4.78 is 26.9. The summed E-state index contributed by atoms with van der Waals surface area (Å²) >= 11 is 1.03. The highest BCUT2D eigenvalue weighted by Gasteiger charge is 2.24. The number of aromatic hydroxyl groups is 1. The van der Waals surface area contributed by atoms with Crippen molar-refractivity contribution in [1.82, 2.24) is 24.9 Å². The van der Waals surface area contributed by atoms with Gasteiger partial charge >= 0.3 is 0 Å². The fourth-order valence-corrected chi connectivity index (χ4v) is 4.64. The van der Waals surface area contributed by atoms with Crippen LogP contribution >= 0.6 is 11.3 Å². The largest absolute Gasteiger partial charge is 0.504 e. The third-order valence-corrected chi connectivity index (χ3v) is 6.95. The molecule has 0 aliphatic heterocycles. The molecule has 3 N–H and O–H groups in total. The summed E-state index contributed by atoms with van der Waals surface area (Å²) in [6.45, 7) is -0.509. The molecule has 0 saturated carbocycles. The molecular formula is C17H17N5O5S2. The van der Waals surface area contributed by atoms with E-state index in [0.717, 1.165) is 15.6 Å². The topological polar surface area (TPSA) is 134 Å². The average molecular weight is 435 g/mol.